The van der Waals surface area contributed by atoms with E-state index in [4.69, 9.17) is 0 Å². The lowest BCUT2D eigenvalue weighted by Crippen LogP contribution is -2.28. The number of nitrogens with one attached hydrogen (secondary N) is 2. The van der Waals surface area contributed by atoms with E-state index >= 15 is 0 Å². The van der Waals surface area contributed by atoms with Crippen molar-refractivity contribution in [3.05, 3.63) is 72.8 Å². The minimum atomic E-state index is -3.89. The summed E-state index contributed by atoms with van der Waals surface area (Å²) in [5.41, 5.74) is 0.911. The van der Waals surface area contributed by atoms with Gasteiger partial charge in [0.15, 0.2) is 0 Å². The van der Waals surface area contributed by atoms with E-state index < -0.39 is 21.8 Å². The number of halogens is 1. The van der Waals surface area contributed by atoms with Crippen LogP contribution in [0.2, 0.25) is 0 Å². The third-order valence-electron chi connectivity index (χ3n) is 4.86. The van der Waals surface area contributed by atoms with E-state index in [1.807, 2.05) is 0 Å². The monoisotopic (exact) mass is 455 g/mol. The first-order valence-electron chi connectivity index (χ1n) is 9.58. The largest absolute Gasteiger partial charge is 0.326 e. The van der Waals surface area contributed by atoms with Crippen LogP contribution in [0.25, 0.3) is 0 Å². The fourth-order valence-electron chi connectivity index (χ4n) is 3.25. The third kappa shape index (κ3) is 4.72. The van der Waals surface area contributed by atoms with Crippen LogP contribution in [0.15, 0.2) is 71.9 Å². The summed E-state index contributed by atoms with van der Waals surface area (Å²) in [6, 6.07) is 12.6. The van der Waals surface area contributed by atoms with Gasteiger partial charge in [0, 0.05) is 36.7 Å². The molecule has 11 heteroatoms. The van der Waals surface area contributed by atoms with E-state index in [0.29, 0.717) is 11.4 Å². The molecule has 1 aliphatic heterocycles. The Labute approximate surface area is 183 Å². The lowest BCUT2D eigenvalue weighted by molar-refractivity contribution is -0.122. The number of benzene rings is 2. The number of nitrogens with zero attached hydrogens (tertiary/aromatic N) is 3. The quantitative estimate of drug-likeness (QED) is 0.589. The first-order valence-corrected chi connectivity index (χ1v) is 11.1. The van der Waals surface area contributed by atoms with E-state index in [0.717, 1.165) is 0 Å². The molecule has 4 rings (SSSR count). The zero-order chi connectivity index (χ0) is 22.7. The molecule has 0 aliphatic carbocycles. The van der Waals surface area contributed by atoms with Crippen LogP contribution in [0.3, 0.4) is 0 Å². The molecule has 0 spiro atoms. The smallest absolute Gasteiger partial charge is 0.264 e. The number of carbonyl (C=O) groups is 2. The molecule has 0 bridgehead atoms. The van der Waals surface area contributed by atoms with Crippen LogP contribution in [-0.2, 0) is 19.6 Å². The second-order valence-electron chi connectivity index (χ2n) is 7.07. The van der Waals surface area contributed by atoms with Crippen molar-refractivity contribution in [3.8, 4) is 0 Å². The molecule has 2 heterocycles. The van der Waals surface area contributed by atoms with Crippen molar-refractivity contribution in [1.82, 2.24) is 9.97 Å². The third-order valence-corrected chi connectivity index (χ3v) is 6.20. The van der Waals surface area contributed by atoms with Crippen LogP contribution >= 0.6 is 0 Å². The van der Waals surface area contributed by atoms with Gasteiger partial charge in [0.2, 0.25) is 17.8 Å². The minimum Gasteiger partial charge on any atom is -0.326 e. The summed E-state index contributed by atoms with van der Waals surface area (Å²) in [6.07, 6.45) is 2.85. The van der Waals surface area contributed by atoms with Gasteiger partial charge in [-0.15, -0.1) is 0 Å². The standard InChI is InChI=1S/C21H18FN5O4S/c22-15-2-6-17(7-3-15)27-13-14(12-19(27)28)20(29)25-16-4-8-18(9-5-16)32(30,31)26-21-23-10-1-11-24-21/h1-11,14H,12-13H2,(H,25,29)(H,23,24,26)/t14-/m1/s1. The lowest BCUT2D eigenvalue weighted by Gasteiger charge is -2.16. The Bertz CT molecular complexity index is 1240. The van der Waals surface area contributed by atoms with Crippen LogP contribution in [0, 0.1) is 11.7 Å². The highest BCUT2D eigenvalue weighted by Crippen LogP contribution is 2.26. The summed E-state index contributed by atoms with van der Waals surface area (Å²) < 4.78 is 40.2. The number of sulfonamides is 1. The lowest BCUT2D eigenvalue weighted by atomic mass is 10.1. The molecule has 1 saturated heterocycles. The second kappa shape index (κ2) is 8.71. The molecule has 1 aromatic heterocycles. The maximum absolute atomic E-state index is 13.1. The molecule has 1 aliphatic rings. The number of carbonyl (C=O) groups excluding carboxylic acids is 2. The Balaban J connectivity index is 1.40. The van der Waals surface area contributed by atoms with E-state index in [1.165, 1.54) is 65.8 Å². The molecule has 0 saturated carbocycles. The van der Waals surface area contributed by atoms with Gasteiger partial charge in [-0.2, -0.15) is 0 Å². The number of hydrogen-bond acceptors (Lipinski definition) is 6. The van der Waals surface area contributed by atoms with Gasteiger partial charge in [-0.05, 0) is 54.6 Å². The van der Waals surface area contributed by atoms with E-state index in [9.17, 15) is 22.4 Å². The number of anilines is 3. The summed E-state index contributed by atoms with van der Waals surface area (Å²) in [5.74, 6) is -1.65. The van der Waals surface area contributed by atoms with E-state index in [1.54, 1.807) is 6.07 Å². The molecular formula is C21H18FN5O4S. The van der Waals surface area contributed by atoms with Crippen molar-refractivity contribution in [2.45, 2.75) is 11.3 Å². The average molecular weight is 455 g/mol. The Morgan fingerprint density at radius 3 is 2.34 bits per heavy atom. The predicted octanol–water partition coefficient (Wildman–Crippen LogP) is 2.41. The molecule has 0 radical (unpaired) electrons. The van der Waals surface area contributed by atoms with Gasteiger partial charge in [-0.3, -0.25) is 9.59 Å². The summed E-state index contributed by atoms with van der Waals surface area (Å²) in [5, 5.41) is 2.70. The number of amides is 2. The van der Waals surface area contributed by atoms with Crippen molar-refractivity contribution in [1.29, 1.82) is 0 Å². The van der Waals surface area contributed by atoms with Crippen LogP contribution < -0.4 is 14.9 Å². The van der Waals surface area contributed by atoms with Gasteiger partial charge in [0.1, 0.15) is 5.82 Å². The number of rotatable bonds is 6. The molecule has 2 aromatic carbocycles. The minimum absolute atomic E-state index is 0.0245. The van der Waals surface area contributed by atoms with Crippen LogP contribution in [0.4, 0.5) is 21.7 Å². The molecule has 32 heavy (non-hydrogen) atoms. The summed E-state index contributed by atoms with van der Waals surface area (Å²) in [4.78, 5) is 34.0. The fourth-order valence-corrected chi connectivity index (χ4v) is 4.20. The molecule has 9 nitrogen and oxygen atoms in total. The van der Waals surface area contributed by atoms with E-state index in [2.05, 4.69) is 20.0 Å². The first-order chi connectivity index (χ1) is 15.3. The molecule has 1 atom stereocenters. The van der Waals surface area contributed by atoms with Gasteiger partial charge in [-0.25, -0.2) is 27.5 Å². The highest BCUT2D eigenvalue weighted by atomic mass is 32.2. The molecular weight excluding hydrogens is 437 g/mol. The van der Waals surface area contributed by atoms with Gasteiger partial charge in [-0.1, -0.05) is 0 Å². The molecule has 2 N–H and O–H groups in total. The average Bonchev–Trinajstić information content (AvgIpc) is 3.17. The number of hydrogen-bond donors (Lipinski definition) is 2. The fraction of sp³-hybridized carbons (Fsp3) is 0.143. The highest BCUT2D eigenvalue weighted by molar-refractivity contribution is 7.92. The number of aromatic nitrogens is 2. The second-order valence-corrected chi connectivity index (χ2v) is 8.76. The van der Waals surface area contributed by atoms with Crippen LogP contribution in [0.1, 0.15) is 6.42 Å². The SMILES string of the molecule is O=C(Nc1ccc(S(=O)(=O)Nc2ncccn2)cc1)[C@@H]1CC(=O)N(c2ccc(F)cc2)C1. The van der Waals surface area contributed by atoms with E-state index in [-0.39, 0.29) is 35.6 Å². The van der Waals surface area contributed by atoms with Gasteiger partial charge < -0.3 is 10.2 Å². The van der Waals surface area contributed by atoms with Crippen LogP contribution in [-0.4, -0.2) is 36.7 Å². The first kappa shape index (κ1) is 21.4. The van der Waals surface area contributed by atoms with Crippen molar-refractivity contribution in [2.24, 2.45) is 5.92 Å². The van der Waals surface area contributed by atoms with Crippen molar-refractivity contribution >= 4 is 39.2 Å². The van der Waals surface area contributed by atoms with Crippen LogP contribution in [0.5, 0.6) is 0 Å². The van der Waals surface area contributed by atoms with Crippen molar-refractivity contribution in [2.75, 3.05) is 21.5 Å². The Morgan fingerprint density at radius 2 is 1.69 bits per heavy atom. The van der Waals surface area contributed by atoms with Gasteiger partial charge in [0.25, 0.3) is 10.0 Å². The molecule has 3 aromatic rings. The Hall–Kier alpha value is -3.86. The maximum Gasteiger partial charge on any atom is 0.264 e. The molecule has 0 unspecified atom stereocenters. The zero-order valence-electron chi connectivity index (χ0n) is 16.6. The summed E-state index contributed by atoms with van der Waals surface area (Å²) in [7, 11) is -3.89. The van der Waals surface area contributed by atoms with Gasteiger partial charge in [0.05, 0.1) is 10.8 Å². The predicted molar refractivity (Wildman–Crippen MR) is 115 cm³/mol. The summed E-state index contributed by atoms with van der Waals surface area (Å²) >= 11 is 0. The highest BCUT2D eigenvalue weighted by Gasteiger charge is 2.35. The normalized spacial score (nSPS) is 16.1. The van der Waals surface area contributed by atoms with Crippen molar-refractivity contribution < 1.29 is 22.4 Å². The Morgan fingerprint density at radius 1 is 1.03 bits per heavy atom. The maximum atomic E-state index is 13.1. The topological polar surface area (TPSA) is 121 Å². The summed E-state index contributed by atoms with van der Waals surface area (Å²) in [6.45, 7) is 0.170. The molecule has 164 valence electrons. The van der Waals surface area contributed by atoms with Gasteiger partial charge >= 0.3 is 0 Å². The molecule has 2 amide bonds. The van der Waals surface area contributed by atoms with Crippen molar-refractivity contribution in [3.63, 3.8) is 0 Å². The zero-order valence-corrected chi connectivity index (χ0v) is 17.4. The Kier molecular flexibility index (Phi) is 5.82. The molecule has 1 fully saturated rings.